The zero-order valence-corrected chi connectivity index (χ0v) is 4.07. The first kappa shape index (κ1) is 4.59. The molecule has 1 saturated heterocycles. The standard InChI is InChI=1S/C4H9N3.2H2/c5-4(6)3-1-2-7-3;;/h3,7H,1-2H2,(H3,5,6);2*1H/t3-;;/m0../s1. The molecule has 0 aromatic carbocycles. The van der Waals surface area contributed by atoms with Crippen molar-refractivity contribution in [1.82, 2.24) is 5.32 Å². The van der Waals surface area contributed by atoms with E-state index in [1.807, 2.05) is 0 Å². The molecule has 1 aliphatic heterocycles. The van der Waals surface area contributed by atoms with Gasteiger partial charge in [0.1, 0.15) is 5.84 Å². The van der Waals surface area contributed by atoms with E-state index in [0.29, 0.717) is 0 Å². The molecule has 1 heterocycles. The fourth-order valence-corrected chi connectivity index (χ4v) is 0.554. The van der Waals surface area contributed by atoms with E-state index in [1.54, 1.807) is 0 Å². The Hall–Kier alpha value is -0.570. The SMILES string of the molecule is N=C(N)[C@@H]1CCN1.[HH].[HH]. The van der Waals surface area contributed by atoms with Crippen molar-refractivity contribution in [2.45, 2.75) is 12.5 Å². The highest BCUT2D eigenvalue weighted by molar-refractivity contribution is 5.83. The van der Waals surface area contributed by atoms with Gasteiger partial charge in [0, 0.05) is 2.85 Å². The Kier molecular flexibility index (Phi) is 0.982. The monoisotopic (exact) mass is 103 g/mol. The molecule has 0 aromatic heterocycles. The molecule has 1 atom stereocenters. The van der Waals surface area contributed by atoms with Crippen LogP contribution in [-0.4, -0.2) is 18.4 Å². The van der Waals surface area contributed by atoms with Gasteiger partial charge in [0.05, 0.1) is 6.04 Å². The number of nitrogens with two attached hydrogens (primary N) is 1. The largest absolute Gasteiger partial charge is 0.386 e. The van der Waals surface area contributed by atoms with E-state index in [1.165, 1.54) is 0 Å². The first-order chi connectivity index (χ1) is 3.30. The molecule has 3 nitrogen and oxygen atoms in total. The van der Waals surface area contributed by atoms with Crippen LogP contribution in [0.2, 0.25) is 0 Å². The summed E-state index contributed by atoms with van der Waals surface area (Å²) < 4.78 is 0. The summed E-state index contributed by atoms with van der Waals surface area (Å²) in [5.74, 6) is 0.270. The Balaban J connectivity index is 0. The molecular weight excluding hydrogens is 90.1 g/mol. The zero-order chi connectivity index (χ0) is 5.28. The molecule has 0 radical (unpaired) electrons. The van der Waals surface area contributed by atoms with Gasteiger partial charge in [-0.2, -0.15) is 0 Å². The molecule has 44 valence electrons. The lowest BCUT2D eigenvalue weighted by molar-refractivity contribution is 0.455. The molecule has 1 rings (SSSR count). The highest BCUT2D eigenvalue weighted by Gasteiger charge is 2.17. The molecule has 1 fully saturated rings. The third-order valence-corrected chi connectivity index (χ3v) is 1.20. The molecule has 0 aromatic rings. The molecule has 0 saturated carbocycles. The van der Waals surface area contributed by atoms with Gasteiger partial charge in [-0.25, -0.2) is 0 Å². The highest BCUT2D eigenvalue weighted by Crippen LogP contribution is 1.98. The number of amidine groups is 1. The van der Waals surface area contributed by atoms with Crippen LogP contribution in [0, 0.1) is 5.41 Å². The Morgan fingerprint density at radius 3 is 2.57 bits per heavy atom. The minimum absolute atomic E-state index is 0. The van der Waals surface area contributed by atoms with Crippen LogP contribution in [0.25, 0.3) is 0 Å². The molecule has 0 bridgehead atoms. The average molecular weight is 103 g/mol. The van der Waals surface area contributed by atoms with Crippen LogP contribution < -0.4 is 11.1 Å². The van der Waals surface area contributed by atoms with Gasteiger partial charge >= 0.3 is 0 Å². The van der Waals surface area contributed by atoms with Gasteiger partial charge in [-0.05, 0) is 13.0 Å². The molecule has 7 heavy (non-hydrogen) atoms. The van der Waals surface area contributed by atoms with Crippen LogP contribution in [-0.2, 0) is 0 Å². The van der Waals surface area contributed by atoms with Crippen molar-refractivity contribution in [1.29, 1.82) is 5.41 Å². The summed E-state index contributed by atoms with van der Waals surface area (Å²) in [6.45, 7) is 1.02. The maximum atomic E-state index is 6.87. The van der Waals surface area contributed by atoms with Crippen molar-refractivity contribution in [3.8, 4) is 0 Å². The molecule has 0 aliphatic carbocycles. The predicted octanol–water partition coefficient (Wildman–Crippen LogP) is -0.224. The molecule has 0 spiro atoms. The van der Waals surface area contributed by atoms with Gasteiger partial charge in [-0.15, -0.1) is 0 Å². The summed E-state index contributed by atoms with van der Waals surface area (Å²) in [6, 6.07) is 0.194. The number of hydrogen-bond acceptors (Lipinski definition) is 2. The second-order valence-corrected chi connectivity index (χ2v) is 1.75. The van der Waals surface area contributed by atoms with Gasteiger partial charge in [0.15, 0.2) is 0 Å². The number of rotatable bonds is 1. The summed E-state index contributed by atoms with van der Waals surface area (Å²) in [4.78, 5) is 0. The summed E-state index contributed by atoms with van der Waals surface area (Å²) in [5.41, 5.74) is 5.12. The lowest BCUT2D eigenvalue weighted by atomic mass is 10.1. The molecule has 0 unspecified atom stereocenters. The fraction of sp³-hybridized carbons (Fsp3) is 0.750. The van der Waals surface area contributed by atoms with Crippen molar-refractivity contribution >= 4 is 5.84 Å². The first-order valence-electron chi connectivity index (χ1n) is 2.38. The summed E-state index contributed by atoms with van der Waals surface area (Å²) in [5, 5.41) is 9.86. The van der Waals surface area contributed by atoms with Crippen molar-refractivity contribution in [3.05, 3.63) is 0 Å². The van der Waals surface area contributed by atoms with Gasteiger partial charge in [-0.1, -0.05) is 0 Å². The van der Waals surface area contributed by atoms with Crippen LogP contribution in [0.4, 0.5) is 0 Å². The van der Waals surface area contributed by atoms with Crippen molar-refractivity contribution < 1.29 is 2.85 Å². The van der Waals surface area contributed by atoms with Gasteiger partial charge in [0.25, 0.3) is 0 Å². The van der Waals surface area contributed by atoms with E-state index in [2.05, 4.69) is 5.32 Å². The van der Waals surface area contributed by atoms with E-state index in [9.17, 15) is 0 Å². The summed E-state index contributed by atoms with van der Waals surface area (Å²) >= 11 is 0. The molecular formula is C4H13N3. The van der Waals surface area contributed by atoms with Gasteiger partial charge in [0.2, 0.25) is 0 Å². The third kappa shape index (κ3) is 0.718. The summed E-state index contributed by atoms with van der Waals surface area (Å²) in [7, 11) is 0. The second-order valence-electron chi connectivity index (χ2n) is 1.75. The third-order valence-electron chi connectivity index (χ3n) is 1.20. The van der Waals surface area contributed by atoms with Crippen molar-refractivity contribution in [3.63, 3.8) is 0 Å². The molecule has 3 heteroatoms. The Bertz CT molecular complexity index is 91.8. The second kappa shape index (κ2) is 1.50. The molecule has 0 amide bonds. The van der Waals surface area contributed by atoms with Gasteiger partial charge < -0.3 is 11.1 Å². The van der Waals surface area contributed by atoms with Crippen LogP contribution in [0.5, 0.6) is 0 Å². The summed E-state index contributed by atoms with van der Waals surface area (Å²) in [6.07, 6.45) is 1.04. The van der Waals surface area contributed by atoms with Crippen LogP contribution in [0.3, 0.4) is 0 Å². The lowest BCUT2D eigenvalue weighted by Gasteiger charge is -2.25. The van der Waals surface area contributed by atoms with E-state index >= 15 is 0 Å². The highest BCUT2D eigenvalue weighted by atomic mass is 15.0. The zero-order valence-electron chi connectivity index (χ0n) is 4.07. The van der Waals surface area contributed by atoms with E-state index in [0.717, 1.165) is 13.0 Å². The fourth-order valence-electron chi connectivity index (χ4n) is 0.554. The number of nitrogens with one attached hydrogen (secondary N) is 2. The maximum absolute atomic E-state index is 6.87. The smallest absolute Gasteiger partial charge is 0.108 e. The first-order valence-corrected chi connectivity index (χ1v) is 2.38. The maximum Gasteiger partial charge on any atom is 0.108 e. The molecule has 4 N–H and O–H groups in total. The normalized spacial score (nSPS) is 28.9. The van der Waals surface area contributed by atoms with Crippen LogP contribution >= 0.6 is 0 Å². The van der Waals surface area contributed by atoms with E-state index in [-0.39, 0.29) is 14.7 Å². The van der Waals surface area contributed by atoms with Gasteiger partial charge in [-0.3, -0.25) is 5.41 Å². The number of hydrogen-bond donors (Lipinski definition) is 3. The Morgan fingerprint density at radius 1 is 2.00 bits per heavy atom. The quantitative estimate of drug-likeness (QED) is 0.317. The van der Waals surface area contributed by atoms with Crippen LogP contribution in [0.1, 0.15) is 9.27 Å². The average Bonchev–Trinajstić information content (AvgIpc) is 1.23. The predicted molar refractivity (Wildman–Crippen MR) is 32.5 cm³/mol. The minimum Gasteiger partial charge on any atom is -0.386 e. The van der Waals surface area contributed by atoms with E-state index < -0.39 is 0 Å². The Labute approximate surface area is 45.4 Å². The minimum atomic E-state index is 0. The Morgan fingerprint density at radius 2 is 2.57 bits per heavy atom. The lowest BCUT2D eigenvalue weighted by Crippen LogP contribution is -2.51. The topological polar surface area (TPSA) is 61.9 Å². The van der Waals surface area contributed by atoms with E-state index in [4.69, 9.17) is 11.1 Å². The van der Waals surface area contributed by atoms with Crippen molar-refractivity contribution in [2.24, 2.45) is 5.73 Å². The molecule has 1 aliphatic rings. The van der Waals surface area contributed by atoms with Crippen molar-refractivity contribution in [2.75, 3.05) is 6.54 Å². The van der Waals surface area contributed by atoms with Crippen LogP contribution in [0.15, 0.2) is 0 Å².